The summed E-state index contributed by atoms with van der Waals surface area (Å²) in [5, 5.41) is 12.1. The van der Waals surface area contributed by atoms with Gasteiger partial charge < -0.3 is 15.2 Å². The molecule has 1 fully saturated rings. The molecule has 2 N–H and O–H groups in total. The number of carbonyl (C=O) groups is 1. The van der Waals surface area contributed by atoms with Crippen LogP contribution in [0, 0.1) is 0 Å². The molecule has 0 aliphatic carbocycles. The van der Waals surface area contributed by atoms with E-state index in [9.17, 15) is 4.79 Å². The van der Waals surface area contributed by atoms with Crippen molar-refractivity contribution in [2.24, 2.45) is 0 Å². The molecule has 1 unspecified atom stereocenters. The van der Waals surface area contributed by atoms with E-state index in [2.05, 4.69) is 26.2 Å². The predicted molar refractivity (Wildman–Crippen MR) is 61.7 cm³/mol. The number of hydrogen-bond acceptors (Lipinski definition) is 4. The van der Waals surface area contributed by atoms with E-state index in [0.717, 1.165) is 6.42 Å². The lowest BCUT2D eigenvalue weighted by molar-refractivity contribution is 0.0697. The molecular weight excluding hydrogens is 276 g/mol. The first-order valence-corrected chi connectivity index (χ1v) is 5.69. The maximum absolute atomic E-state index is 11.0. The topological polar surface area (TPSA) is 71.5 Å². The maximum atomic E-state index is 11.0. The highest BCUT2D eigenvalue weighted by molar-refractivity contribution is 9.10. The average Bonchev–Trinajstić information content (AvgIpc) is 2.73. The minimum Gasteiger partial charge on any atom is -0.478 e. The highest BCUT2D eigenvalue weighted by atomic mass is 79.9. The van der Waals surface area contributed by atoms with Gasteiger partial charge in [-0.2, -0.15) is 0 Å². The van der Waals surface area contributed by atoms with Crippen molar-refractivity contribution in [1.82, 2.24) is 4.98 Å². The van der Waals surface area contributed by atoms with Crippen molar-refractivity contribution in [3.8, 4) is 0 Å². The van der Waals surface area contributed by atoms with Gasteiger partial charge in [-0.3, -0.25) is 0 Å². The molecule has 1 saturated heterocycles. The number of halogens is 1. The molecule has 6 heteroatoms. The third-order valence-electron chi connectivity index (χ3n) is 2.36. The van der Waals surface area contributed by atoms with Crippen LogP contribution in [0.1, 0.15) is 16.8 Å². The van der Waals surface area contributed by atoms with Crippen LogP contribution in [-0.2, 0) is 4.74 Å². The van der Waals surface area contributed by atoms with Gasteiger partial charge in [0.1, 0.15) is 11.4 Å². The fourth-order valence-electron chi connectivity index (χ4n) is 1.56. The lowest BCUT2D eigenvalue weighted by atomic mass is 10.2. The summed E-state index contributed by atoms with van der Waals surface area (Å²) in [6.45, 7) is 1.30. The molecule has 0 spiro atoms. The number of nitrogens with zero attached hydrogens (tertiary/aromatic N) is 1. The van der Waals surface area contributed by atoms with Gasteiger partial charge in [-0.05, 0) is 28.4 Å². The Morgan fingerprint density at radius 3 is 3.12 bits per heavy atom. The molecule has 86 valence electrons. The predicted octanol–water partition coefficient (Wildman–Crippen LogP) is 1.74. The summed E-state index contributed by atoms with van der Waals surface area (Å²) in [7, 11) is 0. The minimum atomic E-state index is -0.991. The van der Waals surface area contributed by atoms with Crippen molar-refractivity contribution in [3.63, 3.8) is 0 Å². The molecule has 0 amide bonds. The molecule has 1 aromatic rings. The third-order valence-corrected chi connectivity index (χ3v) is 2.79. The number of aromatic carboxylic acids is 1. The molecule has 1 aliphatic heterocycles. The smallest absolute Gasteiger partial charge is 0.339 e. The molecule has 1 atom stereocenters. The van der Waals surface area contributed by atoms with Gasteiger partial charge in [-0.25, -0.2) is 9.78 Å². The molecule has 2 rings (SSSR count). The van der Waals surface area contributed by atoms with E-state index in [1.54, 1.807) is 6.20 Å². The van der Waals surface area contributed by atoms with Crippen molar-refractivity contribution in [1.29, 1.82) is 0 Å². The standard InChI is InChI=1S/C10H11BrN2O3/c11-6-3-8(10(14)15)9(12-4-6)13-7-1-2-16-5-7/h3-4,7H,1-2,5H2,(H,12,13)(H,14,15). The van der Waals surface area contributed by atoms with E-state index in [1.165, 1.54) is 6.07 Å². The van der Waals surface area contributed by atoms with Crippen LogP contribution in [0.5, 0.6) is 0 Å². The zero-order valence-corrected chi connectivity index (χ0v) is 10.0. The number of carboxylic acid groups (broad SMARTS) is 1. The molecule has 0 saturated carbocycles. The quantitative estimate of drug-likeness (QED) is 0.886. The maximum Gasteiger partial charge on any atom is 0.339 e. The number of pyridine rings is 1. The van der Waals surface area contributed by atoms with Crippen LogP contribution in [-0.4, -0.2) is 35.3 Å². The summed E-state index contributed by atoms with van der Waals surface area (Å²) in [4.78, 5) is 15.1. The van der Waals surface area contributed by atoms with E-state index in [-0.39, 0.29) is 11.6 Å². The average molecular weight is 287 g/mol. The number of ether oxygens (including phenoxy) is 1. The second-order valence-corrected chi connectivity index (χ2v) is 4.48. The van der Waals surface area contributed by atoms with Crippen molar-refractivity contribution < 1.29 is 14.6 Å². The number of carboxylic acids is 1. The van der Waals surface area contributed by atoms with Crippen molar-refractivity contribution in [3.05, 3.63) is 22.3 Å². The molecular formula is C10H11BrN2O3. The number of nitrogens with one attached hydrogen (secondary N) is 1. The zero-order valence-electron chi connectivity index (χ0n) is 8.44. The summed E-state index contributed by atoms with van der Waals surface area (Å²) in [5.74, 6) is -0.596. The highest BCUT2D eigenvalue weighted by Gasteiger charge is 2.19. The van der Waals surface area contributed by atoms with Crippen LogP contribution >= 0.6 is 15.9 Å². The van der Waals surface area contributed by atoms with Crippen LogP contribution in [0.3, 0.4) is 0 Å². The van der Waals surface area contributed by atoms with Gasteiger partial charge in [0.15, 0.2) is 0 Å². The van der Waals surface area contributed by atoms with Gasteiger partial charge in [-0.1, -0.05) is 0 Å². The van der Waals surface area contributed by atoms with Crippen LogP contribution in [0.4, 0.5) is 5.82 Å². The molecule has 2 heterocycles. The summed E-state index contributed by atoms with van der Waals surface area (Å²) in [6, 6.07) is 1.68. The Kier molecular flexibility index (Phi) is 3.40. The molecule has 16 heavy (non-hydrogen) atoms. The lowest BCUT2D eigenvalue weighted by Crippen LogP contribution is -2.21. The monoisotopic (exact) mass is 286 g/mol. The Balaban J connectivity index is 2.21. The van der Waals surface area contributed by atoms with E-state index in [0.29, 0.717) is 23.5 Å². The van der Waals surface area contributed by atoms with Gasteiger partial charge in [0.05, 0.1) is 12.6 Å². The van der Waals surface area contributed by atoms with E-state index in [1.807, 2.05) is 0 Å². The minimum absolute atomic E-state index is 0.145. The molecule has 1 aliphatic rings. The molecule has 1 aromatic heterocycles. The van der Waals surface area contributed by atoms with Gasteiger partial charge in [-0.15, -0.1) is 0 Å². The van der Waals surface area contributed by atoms with Crippen LogP contribution in [0.25, 0.3) is 0 Å². The summed E-state index contributed by atoms with van der Waals surface area (Å²) >= 11 is 3.20. The SMILES string of the molecule is O=C(O)c1cc(Br)cnc1NC1CCOC1. The van der Waals surface area contributed by atoms with Crippen molar-refractivity contribution in [2.45, 2.75) is 12.5 Å². The Morgan fingerprint density at radius 1 is 1.69 bits per heavy atom. The molecule has 0 aromatic carbocycles. The number of hydrogen-bond donors (Lipinski definition) is 2. The Labute approximate surface area is 101 Å². The summed E-state index contributed by atoms with van der Waals surface area (Å²) in [6.07, 6.45) is 2.45. The fourth-order valence-corrected chi connectivity index (χ4v) is 1.89. The fraction of sp³-hybridized carbons (Fsp3) is 0.400. The van der Waals surface area contributed by atoms with Crippen LogP contribution in [0.2, 0.25) is 0 Å². The van der Waals surface area contributed by atoms with Crippen LogP contribution in [0.15, 0.2) is 16.7 Å². The van der Waals surface area contributed by atoms with Gasteiger partial charge in [0, 0.05) is 17.3 Å². The number of anilines is 1. The summed E-state index contributed by atoms with van der Waals surface area (Å²) < 4.78 is 5.86. The van der Waals surface area contributed by atoms with Gasteiger partial charge in [0.25, 0.3) is 0 Å². The first kappa shape index (κ1) is 11.3. The second kappa shape index (κ2) is 4.80. The van der Waals surface area contributed by atoms with Crippen molar-refractivity contribution in [2.75, 3.05) is 18.5 Å². The zero-order chi connectivity index (χ0) is 11.5. The normalized spacial score (nSPS) is 19.7. The largest absolute Gasteiger partial charge is 0.478 e. The van der Waals surface area contributed by atoms with Gasteiger partial charge in [0.2, 0.25) is 0 Å². The summed E-state index contributed by atoms with van der Waals surface area (Å²) in [5.41, 5.74) is 0.168. The molecule has 5 nitrogen and oxygen atoms in total. The van der Waals surface area contributed by atoms with Gasteiger partial charge >= 0.3 is 5.97 Å². The number of aromatic nitrogens is 1. The highest BCUT2D eigenvalue weighted by Crippen LogP contribution is 2.20. The Morgan fingerprint density at radius 2 is 2.50 bits per heavy atom. The van der Waals surface area contributed by atoms with E-state index in [4.69, 9.17) is 9.84 Å². The van der Waals surface area contributed by atoms with Crippen LogP contribution < -0.4 is 5.32 Å². The Hall–Kier alpha value is -1.14. The number of rotatable bonds is 3. The second-order valence-electron chi connectivity index (χ2n) is 3.56. The van der Waals surface area contributed by atoms with E-state index >= 15 is 0 Å². The molecule has 0 bridgehead atoms. The Bertz CT molecular complexity index is 405. The molecule has 0 radical (unpaired) electrons. The first-order chi connectivity index (χ1) is 7.66. The first-order valence-electron chi connectivity index (χ1n) is 4.90. The van der Waals surface area contributed by atoms with E-state index < -0.39 is 5.97 Å². The van der Waals surface area contributed by atoms with Crippen molar-refractivity contribution >= 4 is 27.7 Å². The lowest BCUT2D eigenvalue weighted by Gasteiger charge is -2.13. The third kappa shape index (κ3) is 2.51.